The van der Waals surface area contributed by atoms with E-state index in [1.807, 2.05) is 6.92 Å². The highest BCUT2D eigenvalue weighted by atomic mass is 16.5. The van der Waals surface area contributed by atoms with Gasteiger partial charge >= 0.3 is 5.97 Å². The lowest BCUT2D eigenvalue weighted by molar-refractivity contribution is -0.148. The highest BCUT2D eigenvalue weighted by molar-refractivity contribution is 5.80. The summed E-state index contributed by atoms with van der Waals surface area (Å²) in [4.78, 5) is 14.1. The smallest absolute Gasteiger partial charge is 0.325 e. The molecule has 0 rings (SSSR count). The molecule has 1 unspecified atom stereocenters. The molecule has 1 atom stereocenters. The summed E-state index contributed by atoms with van der Waals surface area (Å²) in [5, 5.41) is 3.06. The Hall–Kier alpha value is -0.650. The molecule has 19 heavy (non-hydrogen) atoms. The molecular weight excluding hydrogens is 244 g/mol. The van der Waals surface area contributed by atoms with Crippen molar-refractivity contribution in [2.24, 2.45) is 5.92 Å². The van der Waals surface area contributed by atoms with Gasteiger partial charge in [-0.05, 0) is 26.3 Å². The maximum absolute atomic E-state index is 11.8. The third-order valence-electron chi connectivity index (χ3n) is 3.35. The van der Waals surface area contributed by atoms with E-state index < -0.39 is 5.54 Å². The second kappa shape index (κ2) is 9.28. The predicted octanol–water partition coefficient (Wildman–Crippen LogP) is 1.13. The average Bonchev–Trinajstić information content (AvgIpc) is 2.39. The minimum absolute atomic E-state index is 0.216. The van der Waals surface area contributed by atoms with E-state index >= 15 is 0 Å². The van der Waals surface area contributed by atoms with Crippen LogP contribution >= 0.6 is 0 Å². The standard InChI is InChI=1S/C14H30N2O3/c1-12(2)11-16(9-10-18-5)8-7-14(3,15-4)13(17)19-6/h12,15H,7-11H2,1-6H3. The molecule has 0 aliphatic carbocycles. The molecular formula is C14H30N2O3. The molecule has 5 heteroatoms. The maximum atomic E-state index is 11.8. The Labute approximate surface area is 117 Å². The Balaban J connectivity index is 4.44. The molecule has 5 nitrogen and oxygen atoms in total. The molecule has 0 saturated carbocycles. The highest BCUT2D eigenvalue weighted by Gasteiger charge is 2.32. The van der Waals surface area contributed by atoms with Crippen LogP contribution in [0.3, 0.4) is 0 Å². The molecule has 114 valence electrons. The molecule has 0 aromatic heterocycles. The lowest BCUT2D eigenvalue weighted by Crippen LogP contribution is -2.50. The second-order valence-electron chi connectivity index (χ2n) is 5.51. The summed E-state index contributed by atoms with van der Waals surface area (Å²) in [6.07, 6.45) is 0.715. The van der Waals surface area contributed by atoms with Crippen molar-refractivity contribution in [1.82, 2.24) is 10.2 Å². The van der Waals surface area contributed by atoms with Crippen molar-refractivity contribution >= 4 is 5.97 Å². The van der Waals surface area contributed by atoms with E-state index in [4.69, 9.17) is 9.47 Å². The first-order valence-corrected chi connectivity index (χ1v) is 6.88. The molecule has 0 fully saturated rings. The summed E-state index contributed by atoms with van der Waals surface area (Å²) in [5.41, 5.74) is -0.628. The van der Waals surface area contributed by atoms with E-state index in [-0.39, 0.29) is 5.97 Å². The summed E-state index contributed by atoms with van der Waals surface area (Å²) >= 11 is 0. The molecule has 0 amide bonds. The fourth-order valence-corrected chi connectivity index (χ4v) is 1.97. The van der Waals surface area contributed by atoms with Gasteiger partial charge in [0.05, 0.1) is 13.7 Å². The molecule has 1 N–H and O–H groups in total. The van der Waals surface area contributed by atoms with Gasteiger partial charge < -0.3 is 19.7 Å². The van der Waals surface area contributed by atoms with E-state index in [0.29, 0.717) is 18.9 Å². The third-order valence-corrected chi connectivity index (χ3v) is 3.35. The first-order valence-electron chi connectivity index (χ1n) is 6.88. The van der Waals surface area contributed by atoms with Crippen LogP contribution in [0.1, 0.15) is 27.2 Å². The fourth-order valence-electron chi connectivity index (χ4n) is 1.97. The largest absolute Gasteiger partial charge is 0.468 e. The van der Waals surface area contributed by atoms with E-state index in [2.05, 4.69) is 24.1 Å². The van der Waals surface area contributed by atoms with Crippen molar-refractivity contribution in [3.8, 4) is 0 Å². The van der Waals surface area contributed by atoms with Crippen molar-refractivity contribution < 1.29 is 14.3 Å². The number of carbonyl (C=O) groups excluding carboxylic acids is 1. The minimum Gasteiger partial charge on any atom is -0.468 e. The van der Waals surface area contributed by atoms with E-state index in [1.165, 1.54) is 7.11 Å². The van der Waals surface area contributed by atoms with Crippen LogP contribution < -0.4 is 5.32 Å². The normalized spacial score (nSPS) is 14.7. The number of rotatable bonds is 10. The number of likely N-dealkylation sites (N-methyl/N-ethyl adjacent to an activating group) is 1. The first kappa shape index (κ1) is 18.4. The van der Waals surface area contributed by atoms with Crippen LogP contribution in [0.25, 0.3) is 0 Å². The Morgan fingerprint density at radius 3 is 2.37 bits per heavy atom. The second-order valence-corrected chi connectivity index (χ2v) is 5.51. The monoisotopic (exact) mass is 274 g/mol. The molecule has 0 saturated heterocycles. The van der Waals surface area contributed by atoms with Gasteiger partial charge in [-0.3, -0.25) is 4.79 Å². The number of carbonyl (C=O) groups is 1. The maximum Gasteiger partial charge on any atom is 0.325 e. The van der Waals surface area contributed by atoms with Gasteiger partial charge in [0, 0.05) is 26.7 Å². The van der Waals surface area contributed by atoms with Crippen molar-refractivity contribution in [2.75, 3.05) is 47.5 Å². The Morgan fingerprint density at radius 2 is 1.95 bits per heavy atom. The highest BCUT2D eigenvalue weighted by Crippen LogP contribution is 2.13. The first-order chi connectivity index (χ1) is 8.89. The van der Waals surface area contributed by atoms with Crippen molar-refractivity contribution in [3.63, 3.8) is 0 Å². The molecule has 0 heterocycles. The van der Waals surface area contributed by atoms with Gasteiger partial charge in [-0.1, -0.05) is 13.8 Å². The number of nitrogens with one attached hydrogen (secondary N) is 1. The number of hydrogen-bond donors (Lipinski definition) is 1. The van der Waals surface area contributed by atoms with Crippen LogP contribution in [-0.4, -0.2) is 63.9 Å². The van der Waals surface area contributed by atoms with Gasteiger partial charge in [0.25, 0.3) is 0 Å². The van der Waals surface area contributed by atoms with Crippen LogP contribution in [0, 0.1) is 5.92 Å². The lowest BCUT2D eigenvalue weighted by Gasteiger charge is -2.30. The third kappa shape index (κ3) is 6.89. The van der Waals surface area contributed by atoms with E-state index in [9.17, 15) is 4.79 Å². The summed E-state index contributed by atoms with van der Waals surface area (Å²) in [6, 6.07) is 0. The molecule has 0 aromatic rings. The van der Waals surface area contributed by atoms with E-state index in [1.54, 1.807) is 14.2 Å². The zero-order valence-corrected chi connectivity index (χ0v) is 13.3. The van der Waals surface area contributed by atoms with Crippen molar-refractivity contribution in [1.29, 1.82) is 0 Å². The topological polar surface area (TPSA) is 50.8 Å². The molecule has 0 aromatic carbocycles. The van der Waals surface area contributed by atoms with Crippen LogP contribution in [0.2, 0.25) is 0 Å². The molecule has 0 aliphatic rings. The summed E-state index contributed by atoms with van der Waals surface area (Å²) in [6.45, 7) is 9.70. The minimum atomic E-state index is -0.628. The number of ether oxygens (including phenoxy) is 2. The Morgan fingerprint density at radius 1 is 1.32 bits per heavy atom. The van der Waals surface area contributed by atoms with Gasteiger partial charge in [0.1, 0.15) is 5.54 Å². The zero-order valence-electron chi connectivity index (χ0n) is 13.3. The van der Waals surface area contributed by atoms with Crippen LogP contribution in [0.15, 0.2) is 0 Å². The molecule has 0 spiro atoms. The number of esters is 1. The van der Waals surface area contributed by atoms with Gasteiger partial charge in [-0.15, -0.1) is 0 Å². The SMILES string of the molecule is CNC(C)(CCN(CCOC)CC(C)C)C(=O)OC. The Bertz CT molecular complexity index is 259. The van der Waals surface area contributed by atoms with Crippen molar-refractivity contribution in [3.05, 3.63) is 0 Å². The van der Waals surface area contributed by atoms with Gasteiger partial charge in [0.2, 0.25) is 0 Å². The molecule has 0 aliphatic heterocycles. The quantitative estimate of drug-likeness (QED) is 0.605. The molecule has 0 bridgehead atoms. The lowest BCUT2D eigenvalue weighted by atomic mass is 9.97. The van der Waals surface area contributed by atoms with Crippen molar-refractivity contribution in [2.45, 2.75) is 32.7 Å². The number of methoxy groups -OCH3 is 2. The van der Waals surface area contributed by atoms with Crippen LogP contribution in [0.4, 0.5) is 0 Å². The predicted molar refractivity (Wildman–Crippen MR) is 77.3 cm³/mol. The average molecular weight is 274 g/mol. The van der Waals surface area contributed by atoms with Crippen LogP contribution in [-0.2, 0) is 14.3 Å². The van der Waals surface area contributed by atoms with Gasteiger partial charge in [-0.2, -0.15) is 0 Å². The van der Waals surface area contributed by atoms with Gasteiger partial charge in [0.15, 0.2) is 0 Å². The summed E-state index contributed by atoms with van der Waals surface area (Å²) in [7, 11) is 4.92. The molecule has 0 radical (unpaired) electrons. The summed E-state index contributed by atoms with van der Waals surface area (Å²) in [5.74, 6) is 0.377. The van der Waals surface area contributed by atoms with Crippen LogP contribution in [0.5, 0.6) is 0 Å². The summed E-state index contributed by atoms with van der Waals surface area (Å²) < 4.78 is 9.99. The number of nitrogens with zero attached hydrogens (tertiary/aromatic N) is 1. The zero-order chi connectivity index (χ0) is 14.9. The van der Waals surface area contributed by atoms with E-state index in [0.717, 1.165) is 19.6 Å². The Kier molecular flexibility index (Phi) is 8.97. The van der Waals surface area contributed by atoms with Gasteiger partial charge in [-0.25, -0.2) is 0 Å². The fraction of sp³-hybridized carbons (Fsp3) is 0.929. The number of hydrogen-bond acceptors (Lipinski definition) is 5.